The van der Waals surface area contributed by atoms with Crippen molar-refractivity contribution in [3.63, 3.8) is 0 Å². The van der Waals surface area contributed by atoms with Crippen molar-refractivity contribution < 1.29 is 19.1 Å². The van der Waals surface area contributed by atoms with Gasteiger partial charge in [0, 0.05) is 11.0 Å². The average Bonchev–Trinajstić information content (AvgIpc) is 2.38. The van der Waals surface area contributed by atoms with Crippen LogP contribution < -0.4 is 0 Å². The maximum absolute atomic E-state index is 11.4. The number of rotatable bonds is 4. The van der Waals surface area contributed by atoms with Crippen LogP contribution in [0.1, 0.15) is 10.4 Å². The molecule has 0 bridgehead atoms. The summed E-state index contributed by atoms with van der Waals surface area (Å²) in [5.74, 6) is -0.840. The van der Waals surface area contributed by atoms with Crippen molar-refractivity contribution in [3.8, 4) is 0 Å². The molecule has 0 aliphatic rings. The standard InChI is InChI=1S/C12H12O4S/c1-15-11(13)7-8-17-10-6-4-3-5-9(10)12(14)16-2/h3-8H,1-2H3/b8-7+. The van der Waals surface area contributed by atoms with Gasteiger partial charge in [0.25, 0.3) is 0 Å². The summed E-state index contributed by atoms with van der Waals surface area (Å²) in [6, 6.07) is 7.00. The Morgan fingerprint density at radius 3 is 2.53 bits per heavy atom. The van der Waals surface area contributed by atoms with E-state index in [0.29, 0.717) is 5.56 Å². The highest BCUT2D eigenvalue weighted by atomic mass is 32.2. The molecule has 0 unspecified atom stereocenters. The summed E-state index contributed by atoms with van der Waals surface area (Å²) >= 11 is 1.25. The zero-order valence-electron chi connectivity index (χ0n) is 9.51. The second kappa shape index (κ2) is 6.75. The zero-order chi connectivity index (χ0) is 12.7. The van der Waals surface area contributed by atoms with Crippen LogP contribution in [0.4, 0.5) is 0 Å². The van der Waals surface area contributed by atoms with Crippen molar-refractivity contribution in [1.82, 2.24) is 0 Å². The molecule has 0 atom stereocenters. The van der Waals surface area contributed by atoms with E-state index in [9.17, 15) is 9.59 Å². The first kappa shape index (κ1) is 13.3. The summed E-state index contributed by atoms with van der Waals surface area (Å²) in [5, 5.41) is 1.56. The molecule has 17 heavy (non-hydrogen) atoms. The van der Waals surface area contributed by atoms with E-state index in [0.717, 1.165) is 4.90 Å². The Morgan fingerprint density at radius 2 is 1.88 bits per heavy atom. The van der Waals surface area contributed by atoms with E-state index in [2.05, 4.69) is 9.47 Å². The SMILES string of the molecule is COC(=O)/C=C/Sc1ccccc1C(=O)OC. The first-order valence-corrected chi connectivity index (χ1v) is 5.65. The molecule has 0 N–H and O–H groups in total. The Bertz CT molecular complexity index is 440. The van der Waals surface area contributed by atoms with Crippen LogP contribution in [0.5, 0.6) is 0 Å². The van der Waals surface area contributed by atoms with E-state index < -0.39 is 11.9 Å². The fourth-order valence-corrected chi connectivity index (χ4v) is 1.84. The molecule has 90 valence electrons. The molecule has 1 rings (SSSR count). The predicted octanol–water partition coefficient (Wildman–Crippen LogP) is 2.25. The van der Waals surface area contributed by atoms with Gasteiger partial charge in [0.05, 0.1) is 19.8 Å². The first-order chi connectivity index (χ1) is 8.19. The first-order valence-electron chi connectivity index (χ1n) is 4.77. The number of methoxy groups -OCH3 is 2. The maximum Gasteiger partial charge on any atom is 0.339 e. The molecule has 0 aliphatic carbocycles. The number of benzene rings is 1. The Hall–Kier alpha value is -1.75. The summed E-state index contributed by atoms with van der Waals surface area (Å²) in [7, 11) is 2.63. The number of hydrogen-bond acceptors (Lipinski definition) is 5. The van der Waals surface area contributed by atoms with Crippen LogP contribution in [-0.2, 0) is 14.3 Å². The Labute approximate surface area is 104 Å². The van der Waals surface area contributed by atoms with Crippen molar-refractivity contribution in [2.24, 2.45) is 0 Å². The predicted molar refractivity (Wildman–Crippen MR) is 64.8 cm³/mol. The molecule has 0 fully saturated rings. The minimum Gasteiger partial charge on any atom is -0.466 e. The molecular formula is C12H12O4S. The van der Waals surface area contributed by atoms with E-state index >= 15 is 0 Å². The number of ether oxygens (including phenoxy) is 2. The van der Waals surface area contributed by atoms with Crippen molar-refractivity contribution in [2.45, 2.75) is 4.90 Å². The van der Waals surface area contributed by atoms with E-state index in [-0.39, 0.29) is 0 Å². The molecule has 0 amide bonds. The van der Waals surface area contributed by atoms with Crippen LogP contribution in [0.3, 0.4) is 0 Å². The number of carbonyl (C=O) groups is 2. The molecule has 0 saturated heterocycles. The van der Waals surface area contributed by atoms with Gasteiger partial charge in [-0.3, -0.25) is 0 Å². The van der Waals surface area contributed by atoms with Crippen molar-refractivity contribution in [2.75, 3.05) is 14.2 Å². The molecule has 5 heteroatoms. The number of carbonyl (C=O) groups excluding carboxylic acids is 2. The number of esters is 2. The van der Waals surface area contributed by atoms with Gasteiger partial charge >= 0.3 is 11.9 Å². The van der Waals surface area contributed by atoms with Gasteiger partial charge in [-0.25, -0.2) is 9.59 Å². The van der Waals surface area contributed by atoms with Gasteiger partial charge in [-0.05, 0) is 17.5 Å². The molecule has 0 aliphatic heterocycles. The molecule has 1 aromatic rings. The van der Waals surface area contributed by atoms with Gasteiger partial charge in [-0.2, -0.15) is 0 Å². The van der Waals surface area contributed by atoms with Crippen LogP contribution in [0, 0.1) is 0 Å². The van der Waals surface area contributed by atoms with Crippen LogP contribution >= 0.6 is 11.8 Å². The molecule has 0 radical (unpaired) electrons. The quantitative estimate of drug-likeness (QED) is 0.467. The Morgan fingerprint density at radius 1 is 1.18 bits per heavy atom. The highest BCUT2D eigenvalue weighted by Gasteiger charge is 2.10. The highest BCUT2D eigenvalue weighted by Crippen LogP contribution is 2.24. The third-order valence-electron chi connectivity index (χ3n) is 1.89. The van der Waals surface area contributed by atoms with Crippen molar-refractivity contribution in [1.29, 1.82) is 0 Å². The normalized spacial score (nSPS) is 10.2. The molecule has 1 aromatic carbocycles. The lowest BCUT2D eigenvalue weighted by atomic mass is 10.2. The van der Waals surface area contributed by atoms with E-state index in [1.807, 2.05) is 0 Å². The molecule has 0 spiro atoms. The number of hydrogen-bond donors (Lipinski definition) is 0. The van der Waals surface area contributed by atoms with Gasteiger partial charge < -0.3 is 9.47 Å². The van der Waals surface area contributed by atoms with E-state index in [1.165, 1.54) is 32.1 Å². The minimum atomic E-state index is -0.437. The fourth-order valence-electron chi connectivity index (χ4n) is 1.08. The molecule has 0 saturated carbocycles. The lowest BCUT2D eigenvalue weighted by Gasteiger charge is -2.04. The Balaban J connectivity index is 2.80. The lowest BCUT2D eigenvalue weighted by Crippen LogP contribution is -2.02. The third-order valence-corrected chi connectivity index (χ3v) is 2.77. The Kier molecular flexibility index (Phi) is 5.29. The monoisotopic (exact) mass is 252 g/mol. The smallest absolute Gasteiger partial charge is 0.339 e. The fraction of sp³-hybridized carbons (Fsp3) is 0.167. The van der Waals surface area contributed by atoms with Gasteiger partial charge in [0.15, 0.2) is 0 Å². The van der Waals surface area contributed by atoms with E-state index in [4.69, 9.17) is 0 Å². The molecular weight excluding hydrogens is 240 g/mol. The largest absolute Gasteiger partial charge is 0.466 e. The van der Waals surface area contributed by atoms with Crippen molar-refractivity contribution in [3.05, 3.63) is 41.3 Å². The van der Waals surface area contributed by atoms with Crippen LogP contribution in [0.15, 0.2) is 40.6 Å². The minimum absolute atomic E-state index is 0.403. The van der Waals surface area contributed by atoms with Crippen LogP contribution in [0.25, 0.3) is 0 Å². The van der Waals surface area contributed by atoms with Gasteiger partial charge in [-0.1, -0.05) is 23.9 Å². The summed E-state index contributed by atoms with van der Waals surface area (Å²) < 4.78 is 9.11. The van der Waals surface area contributed by atoms with Gasteiger partial charge in [0.2, 0.25) is 0 Å². The summed E-state index contributed by atoms with van der Waals surface area (Å²) in [6.45, 7) is 0. The van der Waals surface area contributed by atoms with Gasteiger partial charge in [-0.15, -0.1) is 0 Å². The second-order valence-electron chi connectivity index (χ2n) is 2.93. The highest BCUT2D eigenvalue weighted by molar-refractivity contribution is 8.02. The topological polar surface area (TPSA) is 52.6 Å². The third kappa shape index (κ3) is 3.96. The lowest BCUT2D eigenvalue weighted by molar-refractivity contribution is -0.134. The summed E-state index contributed by atoms with van der Waals surface area (Å²) in [6.07, 6.45) is 1.29. The zero-order valence-corrected chi connectivity index (χ0v) is 10.3. The average molecular weight is 252 g/mol. The van der Waals surface area contributed by atoms with E-state index in [1.54, 1.807) is 29.7 Å². The second-order valence-corrected chi connectivity index (χ2v) is 3.88. The van der Waals surface area contributed by atoms with Crippen LogP contribution in [0.2, 0.25) is 0 Å². The summed E-state index contributed by atoms with van der Waals surface area (Å²) in [5.41, 5.74) is 0.467. The maximum atomic E-state index is 11.4. The molecule has 4 nitrogen and oxygen atoms in total. The molecule has 0 heterocycles. The van der Waals surface area contributed by atoms with Gasteiger partial charge in [0.1, 0.15) is 0 Å². The van der Waals surface area contributed by atoms with Crippen LogP contribution in [-0.4, -0.2) is 26.2 Å². The number of thioether (sulfide) groups is 1. The van der Waals surface area contributed by atoms with Crippen molar-refractivity contribution >= 4 is 23.7 Å². The summed E-state index contributed by atoms with van der Waals surface area (Å²) in [4.78, 5) is 23.0. The molecule has 0 aromatic heterocycles.